The third kappa shape index (κ3) is 5.81. The standard InChI is InChI=1S/C8H14NOP/c1-5-6(2)9-7(3)11-8(4)10/h5,9,11H,3H2,1-2,4H3/b6-5-. The van der Waals surface area contributed by atoms with Crippen LogP contribution in [0.15, 0.2) is 23.8 Å². The first-order valence-corrected chi connectivity index (χ1v) is 4.42. The molecule has 0 aliphatic rings. The summed E-state index contributed by atoms with van der Waals surface area (Å²) in [6.07, 6.45) is 1.94. The van der Waals surface area contributed by atoms with Gasteiger partial charge < -0.3 is 5.32 Å². The van der Waals surface area contributed by atoms with Gasteiger partial charge in [0.15, 0.2) is 5.52 Å². The van der Waals surface area contributed by atoms with E-state index in [4.69, 9.17) is 0 Å². The maximum absolute atomic E-state index is 10.6. The number of hydrogen-bond acceptors (Lipinski definition) is 2. The maximum atomic E-state index is 10.6. The number of hydrogen-bond donors (Lipinski definition) is 1. The molecule has 0 aromatic heterocycles. The van der Waals surface area contributed by atoms with Crippen LogP contribution in [0, 0.1) is 0 Å². The average molecular weight is 171 g/mol. The first kappa shape index (κ1) is 10.4. The van der Waals surface area contributed by atoms with Gasteiger partial charge in [0.25, 0.3) is 0 Å². The molecule has 0 aromatic rings. The minimum atomic E-state index is 0.159. The van der Waals surface area contributed by atoms with Gasteiger partial charge in [0.2, 0.25) is 0 Å². The van der Waals surface area contributed by atoms with Crippen molar-refractivity contribution in [3.63, 3.8) is 0 Å². The molecule has 0 fully saturated rings. The lowest BCUT2D eigenvalue weighted by Crippen LogP contribution is -2.06. The van der Waals surface area contributed by atoms with Crippen LogP contribution < -0.4 is 5.32 Å². The van der Waals surface area contributed by atoms with E-state index in [0.717, 1.165) is 11.1 Å². The quantitative estimate of drug-likeness (QED) is 0.657. The molecular weight excluding hydrogens is 157 g/mol. The van der Waals surface area contributed by atoms with E-state index in [-0.39, 0.29) is 14.1 Å². The minimum absolute atomic E-state index is 0.159. The monoisotopic (exact) mass is 171 g/mol. The highest BCUT2D eigenvalue weighted by Gasteiger charge is 1.96. The van der Waals surface area contributed by atoms with Crippen molar-refractivity contribution in [3.8, 4) is 0 Å². The van der Waals surface area contributed by atoms with Crippen molar-refractivity contribution < 1.29 is 4.79 Å². The Bertz CT molecular complexity index is 196. The Morgan fingerprint density at radius 1 is 1.55 bits per heavy atom. The molecule has 0 saturated heterocycles. The van der Waals surface area contributed by atoms with Crippen LogP contribution in [0.2, 0.25) is 0 Å². The molecule has 1 atom stereocenters. The number of carbonyl (C=O) groups excluding carboxylic acids is 1. The normalized spacial score (nSPS) is 12.1. The Balaban J connectivity index is 3.79. The van der Waals surface area contributed by atoms with Gasteiger partial charge in [-0.15, -0.1) is 0 Å². The third-order valence-corrected chi connectivity index (χ3v) is 1.89. The summed E-state index contributed by atoms with van der Waals surface area (Å²) >= 11 is 0. The average Bonchev–Trinajstić information content (AvgIpc) is 1.85. The van der Waals surface area contributed by atoms with E-state index in [2.05, 4.69) is 11.9 Å². The van der Waals surface area contributed by atoms with Gasteiger partial charge in [0.05, 0.1) is 0 Å². The molecule has 0 rings (SSSR count). The molecule has 0 bridgehead atoms. The van der Waals surface area contributed by atoms with Gasteiger partial charge in [0, 0.05) is 11.1 Å². The summed E-state index contributed by atoms with van der Waals surface area (Å²) < 4.78 is 0. The summed E-state index contributed by atoms with van der Waals surface area (Å²) in [7, 11) is 0.173. The predicted molar refractivity (Wildman–Crippen MR) is 50.7 cm³/mol. The van der Waals surface area contributed by atoms with E-state index in [1.165, 1.54) is 0 Å². The van der Waals surface area contributed by atoms with Crippen molar-refractivity contribution in [1.29, 1.82) is 0 Å². The van der Waals surface area contributed by atoms with Gasteiger partial charge in [0.1, 0.15) is 0 Å². The lowest BCUT2D eigenvalue weighted by molar-refractivity contribution is -0.109. The molecule has 11 heavy (non-hydrogen) atoms. The van der Waals surface area contributed by atoms with Gasteiger partial charge in [-0.05, 0) is 29.4 Å². The molecule has 0 radical (unpaired) electrons. The smallest absolute Gasteiger partial charge is 0.154 e. The minimum Gasteiger partial charge on any atom is -0.360 e. The topological polar surface area (TPSA) is 29.1 Å². The predicted octanol–water partition coefficient (Wildman–Crippen LogP) is 2.20. The number of carbonyl (C=O) groups is 1. The van der Waals surface area contributed by atoms with E-state index in [9.17, 15) is 4.79 Å². The van der Waals surface area contributed by atoms with E-state index >= 15 is 0 Å². The molecular formula is C8H14NOP. The Hall–Kier alpha value is -0.620. The summed E-state index contributed by atoms with van der Waals surface area (Å²) in [6, 6.07) is 0. The third-order valence-electron chi connectivity index (χ3n) is 1.11. The largest absolute Gasteiger partial charge is 0.360 e. The summed E-state index contributed by atoms with van der Waals surface area (Å²) in [5.41, 5.74) is 1.98. The number of rotatable bonds is 4. The van der Waals surface area contributed by atoms with E-state index in [0.29, 0.717) is 0 Å². The molecule has 0 aliphatic carbocycles. The van der Waals surface area contributed by atoms with Crippen LogP contribution in [0.3, 0.4) is 0 Å². The lowest BCUT2D eigenvalue weighted by Gasteiger charge is -2.06. The van der Waals surface area contributed by atoms with E-state index in [1.807, 2.05) is 19.9 Å². The summed E-state index contributed by atoms with van der Waals surface area (Å²) in [4.78, 5) is 10.6. The highest BCUT2D eigenvalue weighted by Crippen LogP contribution is 2.19. The zero-order valence-corrected chi connectivity index (χ0v) is 8.19. The lowest BCUT2D eigenvalue weighted by atomic mass is 10.5. The Labute approximate surface area is 69.5 Å². The van der Waals surface area contributed by atoms with Crippen LogP contribution in [0.4, 0.5) is 0 Å². The Morgan fingerprint density at radius 3 is 2.45 bits per heavy atom. The van der Waals surface area contributed by atoms with Gasteiger partial charge in [-0.1, -0.05) is 12.7 Å². The molecule has 0 spiro atoms. The number of nitrogens with one attached hydrogen (secondary N) is 1. The van der Waals surface area contributed by atoms with Gasteiger partial charge in [-0.3, -0.25) is 4.79 Å². The maximum Gasteiger partial charge on any atom is 0.154 e. The van der Waals surface area contributed by atoms with Crippen molar-refractivity contribution in [3.05, 3.63) is 23.8 Å². The van der Waals surface area contributed by atoms with Crippen LogP contribution in [0.1, 0.15) is 20.8 Å². The van der Waals surface area contributed by atoms with Crippen LogP contribution in [0.25, 0.3) is 0 Å². The van der Waals surface area contributed by atoms with Crippen molar-refractivity contribution in [1.82, 2.24) is 5.32 Å². The van der Waals surface area contributed by atoms with Gasteiger partial charge >= 0.3 is 0 Å². The zero-order valence-electron chi connectivity index (χ0n) is 7.19. The SMILES string of the molecule is C=C(N/C(C)=C\C)PC(C)=O. The first-order chi connectivity index (χ1) is 5.06. The fraction of sp³-hybridized carbons (Fsp3) is 0.375. The van der Waals surface area contributed by atoms with Crippen molar-refractivity contribution >= 4 is 14.1 Å². The molecule has 0 aromatic carbocycles. The first-order valence-electron chi connectivity index (χ1n) is 3.42. The van der Waals surface area contributed by atoms with Gasteiger partial charge in [-0.2, -0.15) is 0 Å². The van der Waals surface area contributed by atoms with Crippen LogP contribution >= 0.6 is 8.58 Å². The van der Waals surface area contributed by atoms with Crippen molar-refractivity contribution in [2.24, 2.45) is 0 Å². The number of allylic oxidation sites excluding steroid dienone is 2. The molecule has 1 unspecified atom stereocenters. The zero-order chi connectivity index (χ0) is 8.85. The molecule has 1 N–H and O–H groups in total. The highest BCUT2D eigenvalue weighted by molar-refractivity contribution is 7.61. The fourth-order valence-electron chi connectivity index (χ4n) is 0.554. The van der Waals surface area contributed by atoms with Crippen molar-refractivity contribution in [2.45, 2.75) is 20.8 Å². The molecule has 0 amide bonds. The van der Waals surface area contributed by atoms with E-state index < -0.39 is 0 Å². The van der Waals surface area contributed by atoms with E-state index in [1.54, 1.807) is 6.92 Å². The second kappa shape index (κ2) is 5.09. The highest BCUT2D eigenvalue weighted by atomic mass is 31.1. The summed E-state index contributed by atoms with van der Waals surface area (Å²) in [5.74, 6) is 0. The Morgan fingerprint density at radius 2 is 2.09 bits per heavy atom. The summed E-state index contributed by atoms with van der Waals surface area (Å²) in [5, 5.41) is 3.02. The van der Waals surface area contributed by atoms with Crippen molar-refractivity contribution in [2.75, 3.05) is 0 Å². The second-order valence-electron chi connectivity index (χ2n) is 2.26. The molecule has 0 aliphatic heterocycles. The molecule has 3 heteroatoms. The molecule has 0 heterocycles. The molecule has 2 nitrogen and oxygen atoms in total. The fourth-order valence-corrected chi connectivity index (χ4v) is 1.24. The van der Waals surface area contributed by atoms with Crippen LogP contribution in [-0.2, 0) is 4.79 Å². The molecule has 62 valence electrons. The summed E-state index contributed by atoms with van der Waals surface area (Å²) in [6.45, 7) is 9.17. The van der Waals surface area contributed by atoms with Crippen LogP contribution in [-0.4, -0.2) is 5.52 Å². The Kier molecular flexibility index (Phi) is 4.80. The molecule has 0 saturated carbocycles. The van der Waals surface area contributed by atoms with Gasteiger partial charge in [-0.25, -0.2) is 0 Å². The van der Waals surface area contributed by atoms with Crippen LogP contribution in [0.5, 0.6) is 0 Å². The second-order valence-corrected chi connectivity index (χ2v) is 3.81.